The average molecular weight is 466 g/mol. The molecule has 9 heteroatoms. The number of hydrogen-bond acceptors (Lipinski definition) is 6. The van der Waals surface area contributed by atoms with Gasteiger partial charge in [-0.05, 0) is 43.2 Å². The Hall–Kier alpha value is -3.88. The summed E-state index contributed by atoms with van der Waals surface area (Å²) in [4.78, 5) is 53.0. The van der Waals surface area contributed by atoms with Gasteiger partial charge in [0.2, 0.25) is 5.91 Å². The Bertz CT molecular complexity index is 1090. The molecule has 34 heavy (non-hydrogen) atoms. The monoisotopic (exact) mass is 465 g/mol. The van der Waals surface area contributed by atoms with Crippen molar-refractivity contribution in [2.75, 3.05) is 33.9 Å². The Kier molecular flexibility index (Phi) is 6.81. The van der Waals surface area contributed by atoms with Gasteiger partial charge in [-0.3, -0.25) is 24.1 Å². The fourth-order valence-electron chi connectivity index (χ4n) is 4.33. The molecule has 2 aliphatic rings. The van der Waals surface area contributed by atoms with Gasteiger partial charge in [0.15, 0.2) is 11.5 Å². The van der Waals surface area contributed by atoms with E-state index in [1.54, 1.807) is 47.4 Å². The summed E-state index contributed by atoms with van der Waals surface area (Å²) in [5, 5.41) is 2.96. The maximum atomic E-state index is 12.9. The summed E-state index contributed by atoms with van der Waals surface area (Å²) in [5.41, 5.74) is 1.26. The van der Waals surface area contributed by atoms with Crippen molar-refractivity contribution < 1.29 is 28.7 Å². The standard InChI is InChI=1S/C25H27N3O6/c1-33-20-8-7-16(15-21(20)34-2)23(30)27-12-9-17(10-13-27)26-22(29)11-14-28-24(31)18-5-3-4-6-19(18)25(28)32/h3-8,15,17H,9-14H2,1-2H3,(H,26,29). The van der Waals surface area contributed by atoms with Crippen LogP contribution >= 0.6 is 0 Å². The Labute approximate surface area is 197 Å². The molecule has 0 aromatic heterocycles. The van der Waals surface area contributed by atoms with Crippen LogP contribution in [-0.4, -0.2) is 73.3 Å². The number of amides is 4. The van der Waals surface area contributed by atoms with E-state index < -0.39 is 0 Å². The Morgan fingerprint density at radius 3 is 2.15 bits per heavy atom. The van der Waals surface area contributed by atoms with Crippen molar-refractivity contribution in [1.82, 2.24) is 15.1 Å². The smallest absolute Gasteiger partial charge is 0.261 e. The molecule has 1 saturated heterocycles. The first-order chi connectivity index (χ1) is 16.4. The number of methoxy groups -OCH3 is 2. The average Bonchev–Trinajstić information content (AvgIpc) is 3.11. The number of benzene rings is 2. The number of carbonyl (C=O) groups is 4. The van der Waals surface area contributed by atoms with Crippen molar-refractivity contribution in [3.8, 4) is 11.5 Å². The molecule has 178 valence electrons. The van der Waals surface area contributed by atoms with Gasteiger partial charge < -0.3 is 19.7 Å². The number of imide groups is 1. The van der Waals surface area contributed by atoms with Gasteiger partial charge in [-0.1, -0.05) is 12.1 Å². The Morgan fingerprint density at radius 1 is 0.941 bits per heavy atom. The first-order valence-corrected chi connectivity index (χ1v) is 11.2. The van der Waals surface area contributed by atoms with Crippen LogP contribution in [0, 0.1) is 0 Å². The number of hydrogen-bond donors (Lipinski definition) is 1. The largest absolute Gasteiger partial charge is 0.493 e. The van der Waals surface area contributed by atoms with E-state index in [0.29, 0.717) is 54.1 Å². The molecule has 0 aliphatic carbocycles. The van der Waals surface area contributed by atoms with Crippen molar-refractivity contribution in [1.29, 1.82) is 0 Å². The fourth-order valence-corrected chi connectivity index (χ4v) is 4.33. The molecule has 1 N–H and O–H groups in total. The van der Waals surface area contributed by atoms with Crippen LogP contribution in [-0.2, 0) is 4.79 Å². The lowest BCUT2D eigenvalue weighted by Gasteiger charge is -2.32. The van der Waals surface area contributed by atoms with Crippen LogP contribution < -0.4 is 14.8 Å². The third-order valence-corrected chi connectivity index (χ3v) is 6.22. The molecule has 9 nitrogen and oxygen atoms in total. The van der Waals surface area contributed by atoms with Gasteiger partial charge in [0.1, 0.15) is 0 Å². The van der Waals surface area contributed by atoms with Crippen LogP contribution in [0.15, 0.2) is 42.5 Å². The van der Waals surface area contributed by atoms with Crippen molar-refractivity contribution in [2.45, 2.75) is 25.3 Å². The van der Waals surface area contributed by atoms with Crippen LogP contribution in [0.1, 0.15) is 50.3 Å². The SMILES string of the molecule is COc1ccc(C(=O)N2CCC(NC(=O)CCN3C(=O)c4ccccc4C3=O)CC2)cc1OC. The number of nitrogens with one attached hydrogen (secondary N) is 1. The summed E-state index contributed by atoms with van der Waals surface area (Å²) >= 11 is 0. The molecule has 0 unspecified atom stereocenters. The van der Waals surface area contributed by atoms with Gasteiger partial charge in [0.25, 0.3) is 17.7 Å². The summed E-state index contributed by atoms with van der Waals surface area (Å²) in [7, 11) is 3.06. The second-order valence-electron chi connectivity index (χ2n) is 8.26. The lowest BCUT2D eigenvalue weighted by atomic mass is 10.0. The second-order valence-corrected chi connectivity index (χ2v) is 8.26. The van der Waals surface area contributed by atoms with Gasteiger partial charge in [-0.2, -0.15) is 0 Å². The lowest BCUT2D eigenvalue weighted by molar-refractivity contribution is -0.122. The van der Waals surface area contributed by atoms with Crippen molar-refractivity contribution in [3.63, 3.8) is 0 Å². The molecule has 2 heterocycles. The number of fused-ring (bicyclic) bond motifs is 1. The minimum Gasteiger partial charge on any atom is -0.493 e. The highest BCUT2D eigenvalue weighted by atomic mass is 16.5. The predicted molar refractivity (Wildman–Crippen MR) is 123 cm³/mol. The number of ether oxygens (including phenoxy) is 2. The number of carbonyl (C=O) groups excluding carboxylic acids is 4. The highest BCUT2D eigenvalue weighted by molar-refractivity contribution is 6.21. The first kappa shape index (κ1) is 23.3. The molecule has 4 rings (SSSR count). The van der Waals surface area contributed by atoms with Crippen LogP contribution in [0.3, 0.4) is 0 Å². The molecule has 2 aromatic carbocycles. The molecule has 0 spiro atoms. The first-order valence-electron chi connectivity index (χ1n) is 11.2. The minimum atomic E-state index is -0.365. The highest BCUT2D eigenvalue weighted by Crippen LogP contribution is 2.28. The van der Waals surface area contributed by atoms with E-state index >= 15 is 0 Å². The second kappa shape index (κ2) is 9.94. The normalized spacial score (nSPS) is 15.8. The van der Waals surface area contributed by atoms with Gasteiger partial charge in [-0.15, -0.1) is 0 Å². The van der Waals surface area contributed by atoms with Gasteiger partial charge in [0, 0.05) is 37.7 Å². The number of rotatable bonds is 7. The summed E-state index contributed by atoms with van der Waals surface area (Å²) < 4.78 is 10.5. The van der Waals surface area contributed by atoms with Gasteiger partial charge in [0.05, 0.1) is 25.3 Å². The molecule has 4 amide bonds. The highest BCUT2D eigenvalue weighted by Gasteiger charge is 2.35. The van der Waals surface area contributed by atoms with Crippen molar-refractivity contribution in [2.24, 2.45) is 0 Å². The molecular formula is C25H27N3O6. The molecule has 2 aromatic rings. The maximum absolute atomic E-state index is 12.9. The molecule has 1 fully saturated rings. The summed E-state index contributed by atoms with van der Waals surface area (Å²) in [6, 6.07) is 11.7. The molecule has 0 saturated carbocycles. The Balaban J connectivity index is 1.25. The molecular weight excluding hydrogens is 438 g/mol. The maximum Gasteiger partial charge on any atom is 0.261 e. The molecule has 0 bridgehead atoms. The van der Waals surface area contributed by atoms with E-state index in [1.165, 1.54) is 14.2 Å². The van der Waals surface area contributed by atoms with Crippen molar-refractivity contribution in [3.05, 3.63) is 59.2 Å². The van der Waals surface area contributed by atoms with Gasteiger partial charge >= 0.3 is 0 Å². The van der Waals surface area contributed by atoms with Crippen LogP contribution in [0.4, 0.5) is 0 Å². The number of likely N-dealkylation sites (tertiary alicyclic amines) is 1. The quantitative estimate of drug-likeness (QED) is 0.628. The van der Waals surface area contributed by atoms with E-state index in [4.69, 9.17) is 9.47 Å². The van der Waals surface area contributed by atoms with Crippen LogP contribution in [0.2, 0.25) is 0 Å². The van der Waals surface area contributed by atoms with E-state index in [0.717, 1.165) is 4.90 Å². The molecule has 0 atom stereocenters. The Morgan fingerprint density at radius 2 is 1.56 bits per heavy atom. The summed E-state index contributed by atoms with van der Waals surface area (Å²) in [5.74, 6) is -0.00131. The number of piperidine rings is 1. The topological polar surface area (TPSA) is 105 Å². The van der Waals surface area contributed by atoms with Crippen LogP contribution in [0.25, 0.3) is 0 Å². The van der Waals surface area contributed by atoms with Crippen molar-refractivity contribution >= 4 is 23.6 Å². The third kappa shape index (κ3) is 4.59. The lowest BCUT2D eigenvalue weighted by Crippen LogP contribution is -2.47. The van der Waals surface area contributed by atoms with E-state index in [9.17, 15) is 19.2 Å². The number of nitrogens with zero attached hydrogens (tertiary/aromatic N) is 2. The molecule has 2 aliphatic heterocycles. The van der Waals surface area contributed by atoms with E-state index in [-0.39, 0.29) is 42.6 Å². The summed E-state index contributed by atoms with van der Waals surface area (Å²) in [6.45, 7) is 1.06. The zero-order valence-electron chi connectivity index (χ0n) is 19.2. The molecule has 0 radical (unpaired) electrons. The zero-order chi connectivity index (χ0) is 24.2. The minimum absolute atomic E-state index is 0.0365. The van der Waals surface area contributed by atoms with E-state index in [1.807, 2.05) is 0 Å². The van der Waals surface area contributed by atoms with Crippen LogP contribution in [0.5, 0.6) is 11.5 Å². The van der Waals surface area contributed by atoms with Gasteiger partial charge in [-0.25, -0.2) is 0 Å². The predicted octanol–water partition coefficient (Wildman–Crippen LogP) is 2.11. The summed E-state index contributed by atoms with van der Waals surface area (Å²) in [6.07, 6.45) is 1.28. The fraction of sp³-hybridized carbons (Fsp3) is 0.360. The van der Waals surface area contributed by atoms with E-state index in [2.05, 4.69) is 5.32 Å². The third-order valence-electron chi connectivity index (χ3n) is 6.22. The zero-order valence-corrected chi connectivity index (χ0v) is 19.2.